The number of H-pyrrole nitrogens is 1. The second-order valence-corrected chi connectivity index (χ2v) is 6.96. The average Bonchev–Trinajstić information content (AvgIpc) is 2.71. The van der Waals surface area contributed by atoms with Crippen molar-refractivity contribution < 1.29 is 31.1 Å². The van der Waals surface area contributed by atoms with Crippen LogP contribution < -0.4 is 10.9 Å². The van der Waals surface area contributed by atoms with Crippen molar-refractivity contribution in [2.45, 2.75) is 24.8 Å². The summed E-state index contributed by atoms with van der Waals surface area (Å²) in [6.45, 7) is 0. The molecule has 4 nitrogen and oxygen atoms in total. The lowest BCUT2D eigenvalue weighted by Crippen LogP contribution is -2.34. The SMILES string of the molecule is O=C(NC(c1ccccc1)c1ccc(CC(F)(F)F)cc1)c1ccc(C(F)(F)F)[nH]c1=O. The molecule has 0 aliphatic carbocycles. The van der Waals surface area contributed by atoms with E-state index in [1.54, 1.807) is 35.3 Å². The van der Waals surface area contributed by atoms with Gasteiger partial charge in [0.1, 0.15) is 11.3 Å². The van der Waals surface area contributed by atoms with Gasteiger partial charge in [0.05, 0.1) is 12.5 Å². The zero-order chi connectivity index (χ0) is 23.5. The van der Waals surface area contributed by atoms with Crippen molar-refractivity contribution in [3.8, 4) is 0 Å². The summed E-state index contributed by atoms with van der Waals surface area (Å²) in [4.78, 5) is 26.3. The van der Waals surface area contributed by atoms with Crippen molar-refractivity contribution in [3.63, 3.8) is 0 Å². The summed E-state index contributed by atoms with van der Waals surface area (Å²) in [7, 11) is 0. The molecule has 1 amide bonds. The second kappa shape index (κ2) is 8.89. The predicted octanol–water partition coefficient (Wildman–Crippen LogP) is 5.02. The highest BCUT2D eigenvalue weighted by atomic mass is 19.4. The molecule has 1 aromatic heterocycles. The molecule has 0 radical (unpaired) electrons. The van der Waals surface area contributed by atoms with Gasteiger partial charge in [0.2, 0.25) is 0 Å². The van der Waals surface area contributed by atoms with Gasteiger partial charge in [0.25, 0.3) is 11.5 Å². The number of pyridine rings is 1. The fourth-order valence-corrected chi connectivity index (χ4v) is 3.09. The van der Waals surface area contributed by atoms with Gasteiger partial charge in [-0.1, -0.05) is 54.6 Å². The van der Waals surface area contributed by atoms with Crippen LogP contribution in [0.2, 0.25) is 0 Å². The van der Waals surface area contributed by atoms with E-state index in [0.29, 0.717) is 17.2 Å². The van der Waals surface area contributed by atoms with Crippen molar-refractivity contribution >= 4 is 5.91 Å². The van der Waals surface area contributed by atoms with Gasteiger partial charge in [-0.25, -0.2) is 0 Å². The van der Waals surface area contributed by atoms with Gasteiger partial charge >= 0.3 is 12.4 Å². The van der Waals surface area contributed by atoms with Crippen molar-refractivity contribution in [2.24, 2.45) is 0 Å². The number of carbonyl (C=O) groups excluding carboxylic acids is 1. The lowest BCUT2D eigenvalue weighted by molar-refractivity contribution is -0.141. The standard InChI is InChI=1S/C22H16F6N2O2/c23-21(24,25)12-13-6-8-15(9-7-13)18(14-4-2-1-3-5-14)30-20(32)16-10-11-17(22(26,27)28)29-19(16)31/h1-11,18H,12H2,(H,29,31)(H,30,32). The molecule has 1 heterocycles. The Morgan fingerprint density at radius 2 is 1.44 bits per heavy atom. The molecule has 0 spiro atoms. The summed E-state index contributed by atoms with van der Waals surface area (Å²) in [6, 6.07) is 14.3. The number of hydrogen-bond acceptors (Lipinski definition) is 2. The fraction of sp³-hybridized carbons (Fsp3) is 0.182. The Morgan fingerprint density at radius 3 is 1.97 bits per heavy atom. The van der Waals surface area contributed by atoms with E-state index >= 15 is 0 Å². The number of carbonyl (C=O) groups is 1. The summed E-state index contributed by atoms with van der Waals surface area (Å²) >= 11 is 0. The molecule has 10 heteroatoms. The van der Waals surface area contributed by atoms with E-state index in [2.05, 4.69) is 5.32 Å². The van der Waals surface area contributed by atoms with Crippen LogP contribution in [0.25, 0.3) is 0 Å². The number of rotatable bonds is 5. The highest BCUT2D eigenvalue weighted by Crippen LogP contribution is 2.27. The molecule has 2 N–H and O–H groups in total. The van der Waals surface area contributed by atoms with Crippen molar-refractivity contribution in [1.29, 1.82) is 0 Å². The molecule has 0 fully saturated rings. The van der Waals surface area contributed by atoms with E-state index in [1.165, 1.54) is 24.3 Å². The summed E-state index contributed by atoms with van der Waals surface area (Å²) in [6.07, 6.45) is -10.3. The number of aromatic nitrogens is 1. The minimum atomic E-state index is -4.78. The number of benzene rings is 2. The molecule has 2 aromatic carbocycles. The van der Waals surface area contributed by atoms with Crippen LogP contribution >= 0.6 is 0 Å². The number of hydrogen-bond donors (Lipinski definition) is 2. The monoisotopic (exact) mass is 454 g/mol. The first-order valence-corrected chi connectivity index (χ1v) is 9.26. The van der Waals surface area contributed by atoms with Crippen LogP contribution in [0.15, 0.2) is 71.5 Å². The summed E-state index contributed by atoms with van der Waals surface area (Å²) in [5.41, 5.74) is -2.03. The number of amides is 1. The Bertz CT molecular complexity index is 1140. The lowest BCUT2D eigenvalue weighted by Gasteiger charge is -2.20. The van der Waals surface area contributed by atoms with Crippen LogP contribution in [0, 0.1) is 0 Å². The van der Waals surface area contributed by atoms with E-state index in [0.717, 1.165) is 6.07 Å². The van der Waals surface area contributed by atoms with Gasteiger partial charge in [-0.15, -0.1) is 0 Å². The van der Waals surface area contributed by atoms with Crippen molar-refractivity contribution in [1.82, 2.24) is 10.3 Å². The van der Waals surface area contributed by atoms with Crippen LogP contribution in [0.1, 0.15) is 38.8 Å². The zero-order valence-corrected chi connectivity index (χ0v) is 16.2. The van der Waals surface area contributed by atoms with Crippen LogP contribution in [0.4, 0.5) is 26.3 Å². The topological polar surface area (TPSA) is 62.0 Å². The smallest absolute Gasteiger partial charge is 0.341 e. The Hall–Kier alpha value is -3.56. The summed E-state index contributed by atoms with van der Waals surface area (Å²) in [5, 5.41) is 2.57. The van der Waals surface area contributed by atoms with Crippen LogP contribution in [0.5, 0.6) is 0 Å². The molecule has 1 unspecified atom stereocenters. The third kappa shape index (κ3) is 5.77. The highest BCUT2D eigenvalue weighted by Gasteiger charge is 2.32. The number of alkyl halides is 6. The van der Waals surface area contributed by atoms with E-state index < -0.39 is 47.5 Å². The second-order valence-electron chi connectivity index (χ2n) is 6.96. The van der Waals surface area contributed by atoms with Crippen LogP contribution in [-0.2, 0) is 12.6 Å². The van der Waals surface area contributed by atoms with Gasteiger partial charge in [0.15, 0.2) is 0 Å². The van der Waals surface area contributed by atoms with E-state index in [4.69, 9.17) is 0 Å². The van der Waals surface area contributed by atoms with E-state index in [-0.39, 0.29) is 5.56 Å². The van der Waals surface area contributed by atoms with Crippen molar-refractivity contribution in [3.05, 3.63) is 105 Å². The first-order chi connectivity index (χ1) is 14.9. The molecule has 32 heavy (non-hydrogen) atoms. The summed E-state index contributed by atoms with van der Waals surface area (Å²) < 4.78 is 76.1. The Labute approximate surface area is 177 Å². The van der Waals surface area contributed by atoms with Gasteiger partial charge in [0, 0.05) is 0 Å². The lowest BCUT2D eigenvalue weighted by atomic mass is 9.96. The van der Waals surface area contributed by atoms with E-state index in [9.17, 15) is 35.9 Å². The van der Waals surface area contributed by atoms with Gasteiger partial charge in [-0.05, 0) is 28.8 Å². The minimum Gasteiger partial charge on any atom is -0.341 e. The Balaban J connectivity index is 1.91. The third-order valence-electron chi connectivity index (χ3n) is 4.59. The van der Waals surface area contributed by atoms with E-state index in [1.807, 2.05) is 0 Å². The average molecular weight is 454 g/mol. The number of halogens is 6. The number of nitrogens with one attached hydrogen (secondary N) is 2. The molecule has 0 saturated heterocycles. The highest BCUT2D eigenvalue weighted by molar-refractivity contribution is 5.94. The molecule has 0 bridgehead atoms. The molecule has 0 aliphatic rings. The molecule has 168 valence electrons. The molecular formula is C22H16F6N2O2. The quantitative estimate of drug-likeness (QED) is 0.532. The maximum Gasteiger partial charge on any atom is 0.431 e. The van der Waals surface area contributed by atoms with Gasteiger partial charge in [-0.2, -0.15) is 26.3 Å². The maximum atomic E-state index is 12.7. The zero-order valence-electron chi connectivity index (χ0n) is 16.2. The third-order valence-corrected chi connectivity index (χ3v) is 4.59. The molecule has 1 atom stereocenters. The van der Waals surface area contributed by atoms with Gasteiger partial charge < -0.3 is 10.3 Å². The fourth-order valence-electron chi connectivity index (χ4n) is 3.09. The molecule has 3 aromatic rings. The first kappa shape index (κ1) is 23.1. The Kier molecular flexibility index (Phi) is 6.42. The molecular weight excluding hydrogens is 438 g/mol. The van der Waals surface area contributed by atoms with Gasteiger partial charge in [-0.3, -0.25) is 9.59 Å². The maximum absolute atomic E-state index is 12.7. The largest absolute Gasteiger partial charge is 0.431 e. The normalized spacial score (nSPS) is 12.9. The van der Waals surface area contributed by atoms with Crippen LogP contribution in [-0.4, -0.2) is 17.1 Å². The molecule has 0 aliphatic heterocycles. The minimum absolute atomic E-state index is 0.0265. The molecule has 0 saturated carbocycles. The first-order valence-electron chi connectivity index (χ1n) is 9.26. The summed E-state index contributed by atoms with van der Waals surface area (Å²) in [5.74, 6) is -0.937. The van der Waals surface area contributed by atoms with Crippen molar-refractivity contribution in [2.75, 3.05) is 0 Å². The predicted molar refractivity (Wildman–Crippen MR) is 104 cm³/mol. The molecule has 3 rings (SSSR count). The van der Waals surface area contributed by atoms with Crippen LogP contribution in [0.3, 0.4) is 0 Å². The Morgan fingerprint density at radius 1 is 0.844 bits per heavy atom. The number of aromatic amines is 1.